The van der Waals surface area contributed by atoms with Crippen molar-refractivity contribution in [2.24, 2.45) is 7.05 Å². The molecule has 120 valence electrons. The van der Waals surface area contributed by atoms with E-state index < -0.39 is 11.3 Å². The summed E-state index contributed by atoms with van der Waals surface area (Å²) in [4.78, 5) is 24.5. The fourth-order valence-corrected chi connectivity index (χ4v) is 3.11. The number of hydrazine groups is 1. The van der Waals surface area contributed by atoms with Gasteiger partial charge in [-0.15, -0.1) is 0 Å². The summed E-state index contributed by atoms with van der Waals surface area (Å²) >= 11 is 3.29. The van der Waals surface area contributed by atoms with Gasteiger partial charge in [0.2, 0.25) is 5.91 Å². The maximum Gasteiger partial charge on any atom is 0.286 e. The van der Waals surface area contributed by atoms with E-state index in [1.54, 1.807) is 36.0 Å². The second kappa shape index (κ2) is 5.81. The van der Waals surface area contributed by atoms with Gasteiger partial charge in [-0.05, 0) is 52.5 Å². The van der Waals surface area contributed by atoms with Gasteiger partial charge in [0.05, 0.1) is 5.41 Å². The van der Waals surface area contributed by atoms with E-state index >= 15 is 0 Å². The quantitative estimate of drug-likeness (QED) is 0.804. The van der Waals surface area contributed by atoms with Crippen LogP contribution in [0.1, 0.15) is 28.9 Å². The van der Waals surface area contributed by atoms with Crippen LogP contribution in [-0.2, 0) is 17.3 Å². The largest absolute Gasteiger partial charge is 0.345 e. The number of hydrogen-bond donors (Lipinski definition) is 2. The topological polar surface area (TPSA) is 63.1 Å². The molecular weight excluding hydrogens is 365 g/mol. The molecule has 0 spiro atoms. The number of carbonyl (C=O) groups excluding carboxylic acids is 2. The number of rotatable bonds is 3. The Balaban J connectivity index is 1.66. The van der Waals surface area contributed by atoms with Gasteiger partial charge in [0, 0.05) is 17.7 Å². The first-order valence-electron chi connectivity index (χ1n) is 7.11. The first kappa shape index (κ1) is 15.7. The van der Waals surface area contributed by atoms with Crippen LogP contribution in [-0.4, -0.2) is 16.4 Å². The lowest BCUT2D eigenvalue weighted by Crippen LogP contribution is -2.46. The molecule has 1 aromatic heterocycles. The molecule has 2 amide bonds. The minimum absolute atomic E-state index is 0.286. The highest BCUT2D eigenvalue weighted by Crippen LogP contribution is 2.48. The number of amides is 2. The number of benzene rings is 1. The number of carbonyl (C=O) groups is 2. The van der Waals surface area contributed by atoms with Crippen molar-refractivity contribution >= 4 is 27.7 Å². The van der Waals surface area contributed by atoms with Crippen LogP contribution >= 0.6 is 15.9 Å². The zero-order valence-corrected chi connectivity index (χ0v) is 14.0. The Morgan fingerprint density at radius 1 is 1.22 bits per heavy atom. The first-order chi connectivity index (χ1) is 10.9. The van der Waals surface area contributed by atoms with Crippen LogP contribution in [0, 0.1) is 5.82 Å². The van der Waals surface area contributed by atoms with Crippen LogP contribution in [0.4, 0.5) is 4.39 Å². The second-order valence-corrected chi connectivity index (χ2v) is 6.57. The van der Waals surface area contributed by atoms with Gasteiger partial charge < -0.3 is 4.57 Å². The van der Waals surface area contributed by atoms with Crippen molar-refractivity contribution < 1.29 is 14.0 Å². The Kier molecular flexibility index (Phi) is 3.97. The van der Waals surface area contributed by atoms with Crippen LogP contribution in [0.3, 0.4) is 0 Å². The normalized spacial score (nSPS) is 15.1. The third kappa shape index (κ3) is 3.01. The molecule has 2 N–H and O–H groups in total. The number of aromatic nitrogens is 1. The Morgan fingerprint density at radius 2 is 1.87 bits per heavy atom. The molecule has 1 aliphatic carbocycles. The van der Waals surface area contributed by atoms with Crippen molar-refractivity contribution in [2.75, 3.05) is 0 Å². The van der Waals surface area contributed by atoms with Crippen LogP contribution in [0.15, 0.2) is 41.0 Å². The van der Waals surface area contributed by atoms with Crippen molar-refractivity contribution in [3.63, 3.8) is 0 Å². The van der Waals surface area contributed by atoms with E-state index in [0.29, 0.717) is 18.5 Å². The summed E-state index contributed by atoms with van der Waals surface area (Å²) in [5.74, 6) is -1.03. The molecule has 23 heavy (non-hydrogen) atoms. The minimum atomic E-state index is -0.671. The van der Waals surface area contributed by atoms with E-state index in [2.05, 4.69) is 26.8 Å². The maximum atomic E-state index is 13.0. The van der Waals surface area contributed by atoms with Crippen molar-refractivity contribution in [1.82, 2.24) is 15.4 Å². The number of nitrogens with zero attached hydrogens (tertiary/aromatic N) is 1. The van der Waals surface area contributed by atoms with Crippen molar-refractivity contribution in [1.29, 1.82) is 0 Å². The fraction of sp³-hybridized carbons (Fsp3) is 0.250. The summed E-state index contributed by atoms with van der Waals surface area (Å²) in [6, 6.07) is 7.55. The van der Waals surface area contributed by atoms with Crippen LogP contribution < -0.4 is 10.9 Å². The number of halogens is 2. The zero-order valence-electron chi connectivity index (χ0n) is 12.4. The average molecular weight is 380 g/mol. The Bertz CT molecular complexity index is 766. The maximum absolute atomic E-state index is 13.0. The van der Waals surface area contributed by atoms with Crippen LogP contribution in [0.2, 0.25) is 0 Å². The molecule has 0 aliphatic heterocycles. The molecule has 7 heteroatoms. The summed E-state index contributed by atoms with van der Waals surface area (Å²) in [5.41, 5.74) is 5.40. The molecule has 0 atom stereocenters. The predicted octanol–water partition coefficient (Wildman–Crippen LogP) is 2.42. The Labute approximate surface area is 141 Å². The zero-order chi connectivity index (χ0) is 16.6. The van der Waals surface area contributed by atoms with Crippen molar-refractivity contribution in [3.8, 4) is 0 Å². The van der Waals surface area contributed by atoms with E-state index in [1.165, 1.54) is 12.1 Å². The highest BCUT2D eigenvalue weighted by molar-refractivity contribution is 9.10. The van der Waals surface area contributed by atoms with Gasteiger partial charge in [-0.1, -0.05) is 12.1 Å². The van der Waals surface area contributed by atoms with E-state index in [0.717, 1.165) is 10.0 Å². The van der Waals surface area contributed by atoms with E-state index in [1.807, 2.05) is 0 Å². The molecule has 1 aromatic carbocycles. The Morgan fingerprint density at radius 3 is 2.39 bits per heavy atom. The smallest absolute Gasteiger partial charge is 0.286 e. The molecule has 0 bridgehead atoms. The third-order valence-electron chi connectivity index (χ3n) is 4.08. The molecule has 5 nitrogen and oxygen atoms in total. The van der Waals surface area contributed by atoms with Crippen molar-refractivity contribution in [2.45, 2.75) is 18.3 Å². The van der Waals surface area contributed by atoms with Gasteiger partial charge in [0.15, 0.2) is 0 Å². The van der Waals surface area contributed by atoms with Crippen LogP contribution in [0.25, 0.3) is 0 Å². The van der Waals surface area contributed by atoms with Crippen molar-refractivity contribution in [3.05, 3.63) is 58.1 Å². The third-order valence-corrected chi connectivity index (χ3v) is 4.51. The van der Waals surface area contributed by atoms with Gasteiger partial charge in [0.25, 0.3) is 5.91 Å². The van der Waals surface area contributed by atoms with E-state index in [-0.39, 0.29) is 11.7 Å². The molecular formula is C16H15BrFN3O2. The number of hydrogen-bond acceptors (Lipinski definition) is 2. The standard InChI is InChI=1S/C16H15BrFN3O2/c1-21-9-11(17)8-13(21)14(22)19-20-15(23)16(6-7-16)10-2-4-12(18)5-3-10/h2-5,8-9H,6-7H2,1H3,(H,19,22)(H,20,23). The first-order valence-corrected chi connectivity index (χ1v) is 7.90. The molecule has 1 fully saturated rings. The molecule has 0 radical (unpaired) electrons. The summed E-state index contributed by atoms with van der Waals surface area (Å²) in [6.07, 6.45) is 3.10. The minimum Gasteiger partial charge on any atom is -0.345 e. The molecule has 0 saturated heterocycles. The van der Waals surface area contributed by atoms with E-state index in [9.17, 15) is 14.0 Å². The number of aryl methyl sites for hydroxylation is 1. The lowest BCUT2D eigenvalue weighted by Gasteiger charge is -2.16. The molecule has 3 rings (SSSR count). The van der Waals surface area contributed by atoms with Gasteiger partial charge in [0.1, 0.15) is 11.5 Å². The van der Waals surface area contributed by atoms with Gasteiger partial charge in [-0.25, -0.2) is 4.39 Å². The molecule has 2 aromatic rings. The average Bonchev–Trinajstić information content (AvgIpc) is 3.25. The summed E-state index contributed by atoms with van der Waals surface area (Å²) in [6.45, 7) is 0. The van der Waals surface area contributed by atoms with Gasteiger partial charge in [-0.2, -0.15) is 0 Å². The predicted molar refractivity (Wildman–Crippen MR) is 86.0 cm³/mol. The van der Waals surface area contributed by atoms with Gasteiger partial charge in [-0.3, -0.25) is 20.4 Å². The second-order valence-electron chi connectivity index (χ2n) is 5.65. The Hall–Kier alpha value is -2.15. The fourth-order valence-electron chi connectivity index (χ4n) is 2.59. The monoisotopic (exact) mass is 379 g/mol. The van der Waals surface area contributed by atoms with E-state index in [4.69, 9.17) is 0 Å². The highest BCUT2D eigenvalue weighted by atomic mass is 79.9. The summed E-state index contributed by atoms with van der Waals surface area (Å²) in [7, 11) is 1.74. The SMILES string of the molecule is Cn1cc(Br)cc1C(=O)NNC(=O)C1(c2ccc(F)cc2)CC1. The molecule has 1 heterocycles. The molecule has 1 saturated carbocycles. The number of nitrogens with one attached hydrogen (secondary N) is 2. The lowest BCUT2D eigenvalue weighted by molar-refractivity contribution is -0.124. The highest BCUT2D eigenvalue weighted by Gasteiger charge is 2.51. The summed E-state index contributed by atoms with van der Waals surface area (Å²) in [5, 5.41) is 0. The van der Waals surface area contributed by atoms with Gasteiger partial charge >= 0.3 is 0 Å². The molecule has 0 unspecified atom stereocenters. The lowest BCUT2D eigenvalue weighted by atomic mass is 9.95. The van der Waals surface area contributed by atoms with Crippen LogP contribution in [0.5, 0.6) is 0 Å². The summed E-state index contributed by atoms with van der Waals surface area (Å²) < 4.78 is 15.4. The molecule has 1 aliphatic rings.